The van der Waals surface area contributed by atoms with Crippen molar-refractivity contribution in [3.8, 4) is 0 Å². The number of aliphatic imine (C=N–C) groups is 1. The number of nitro benzene ring substituents is 1. The Morgan fingerprint density at radius 3 is 2.45 bits per heavy atom. The van der Waals surface area contributed by atoms with E-state index in [0.29, 0.717) is 35.1 Å². The van der Waals surface area contributed by atoms with Gasteiger partial charge in [-0.05, 0) is 43.9 Å². The molecule has 1 unspecified atom stereocenters. The number of hydrogen-bond acceptors (Lipinski definition) is 8. The lowest BCUT2D eigenvalue weighted by Crippen LogP contribution is -2.38. The molecule has 164 valence electrons. The number of hydrogen-bond donors (Lipinski definition) is 0. The minimum absolute atomic E-state index is 0.0218. The summed E-state index contributed by atoms with van der Waals surface area (Å²) in [5.74, 6) is -0.554. The molecule has 3 rings (SSSR count). The summed E-state index contributed by atoms with van der Waals surface area (Å²) in [5, 5.41) is 13.6. The average Bonchev–Trinajstić information content (AvgIpc) is 3.15. The highest BCUT2D eigenvalue weighted by Crippen LogP contribution is 2.45. The lowest BCUT2D eigenvalue weighted by atomic mass is 9.93. The van der Waals surface area contributed by atoms with Crippen LogP contribution in [0.4, 0.5) is 5.69 Å². The van der Waals surface area contributed by atoms with E-state index in [1.54, 1.807) is 24.0 Å². The van der Waals surface area contributed by atoms with Crippen molar-refractivity contribution in [2.24, 2.45) is 4.99 Å². The maximum atomic E-state index is 12.8. The van der Waals surface area contributed by atoms with Gasteiger partial charge in [0.15, 0.2) is 5.17 Å². The summed E-state index contributed by atoms with van der Waals surface area (Å²) in [6, 6.07) is 5.44. The van der Waals surface area contributed by atoms with Gasteiger partial charge >= 0.3 is 5.97 Å². The van der Waals surface area contributed by atoms with Gasteiger partial charge in [0.05, 0.1) is 35.8 Å². The lowest BCUT2D eigenvalue weighted by Gasteiger charge is -2.36. The molecule has 31 heavy (non-hydrogen) atoms. The van der Waals surface area contributed by atoms with Crippen LogP contribution in [0.15, 0.2) is 51.6 Å². The first-order chi connectivity index (χ1) is 14.8. The van der Waals surface area contributed by atoms with Crippen LogP contribution in [0.2, 0.25) is 0 Å². The third-order valence-corrected chi connectivity index (χ3v) is 6.16. The van der Waals surface area contributed by atoms with E-state index >= 15 is 0 Å². The van der Waals surface area contributed by atoms with E-state index < -0.39 is 16.9 Å². The van der Waals surface area contributed by atoms with Crippen molar-refractivity contribution in [1.82, 2.24) is 9.80 Å². The fourth-order valence-corrected chi connectivity index (χ4v) is 4.64. The first-order valence-electron chi connectivity index (χ1n) is 9.87. The first kappa shape index (κ1) is 22.5. The van der Waals surface area contributed by atoms with Crippen molar-refractivity contribution in [3.05, 3.63) is 62.3 Å². The molecule has 0 aromatic heterocycles. The van der Waals surface area contributed by atoms with Gasteiger partial charge in [-0.3, -0.25) is 14.9 Å². The van der Waals surface area contributed by atoms with Crippen LogP contribution in [0.3, 0.4) is 0 Å². The van der Waals surface area contributed by atoms with Gasteiger partial charge in [-0.25, -0.2) is 9.79 Å². The second kappa shape index (κ2) is 9.34. The van der Waals surface area contributed by atoms with E-state index in [1.165, 1.54) is 31.0 Å². The van der Waals surface area contributed by atoms with Crippen LogP contribution in [0.1, 0.15) is 38.8 Å². The number of benzene rings is 1. The SMILES string of the molecule is CCN(CC)C(=O)CC1=CSC2=NC(C)=C(C(=O)OC)C(c3ccc([N+](=O)[O-])cc3)N12. The Bertz CT molecular complexity index is 996. The molecule has 0 aliphatic carbocycles. The first-order valence-corrected chi connectivity index (χ1v) is 10.7. The molecule has 2 heterocycles. The number of amidine groups is 1. The second-order valence-electron chi connectivity index (χ2n) is 6.98. The molecule has 10 heteroatoms. The Labute approximate surface area is 184 Å². The Morgan fingerprint density at radius 1 is 1.26 bits per heavy atom. The minimum atomic E-state index is -0.605. The van der Waals surface area contributed by atoms with Crippen LogP contribution in [0.25, 0.3) is 0 Å². The van der Waals surface area contributed by atoms with Gasteiger partial charge in [-0.2, -0.15) is 0 Å². The number of non-ortho nitro benzene ring substituents is 1. The molecule has 0 spiro atoms. The second-order valence-corrected chi connectivity index (χ2v) is 7.81. The molecule has 0 fully saturated rings. The molecule has 0 bridgehead atoms. The number of methoxy groups -OCH3 is 1. The van der Waals surface area contributed by atoms with Gasteiger partial charge in [0, 0.05) is 30.9 Å². The number of rotatable bonds is 7. The predicted octanol–water partition coefficient (Wildman–Crippen LogP) is 3.60. The molecule has 1 atom stereocenters. The van der Waals surface area contributed by atoms with E-state index in [1.807, 2.05) is 24.2 Å². The van der Waals surface area contributed by atoms with Crippen molar-refractivity contribution in [2.75, 3.05) is 20.2 Å². The molecule has 9 nitrogen and oxygen atoms in total. The topological polar surface area (TPSA) is 105 Å². The third kappa shape index (κ3) is 4.34. The number of carbonyl (C=O) groups excluding carboxylic acids is 2. The van der Waals surface area contributed by atoms with Gasteiger partial charge in [0.25, 0.3) is 5.69 Å². The van der Waals surface area contributed by atoms with Crippen molar-refractivity contribution in [1.29, 1.82) is 0 Å². The molecule has 0 saturated carbocycles. The van der Waals surface area contributed by atoms with Crippen LogP contribution in [0.5, 0.6) is 0 Å². The summed E-state index contributed by atoms with van der Waals surface area (Å²) < 4.78 is 5.01. The Kier molecular flexibility index (Phi) is 6.79. The van der Waals surface area contributed by atoms with Gasteiger partial charge < -0.3 is 14.5 Å². The monoisotopic (exact) mass is 444 g/mol. The fourth-order valence-electron chi connectivity index (χ4n) is 3.68. The molecule has 1 aromatic carbocycles. The summed E-state index contributed by atoms with van der Waals surface area (Å²) in [6.07, 6.45) is 0.157. The summed E-state index contributed by atoms with van der Waals surface area (Å²) in [7, 11) is 1.30. The van der Waals surface area contributed by atoms with Crippen LogP contribution in [-0.2, 0) is 14.3 Å². The van der Waals surface area contributed by atoms with Gasteiger partial charge in [-0.15, -0.1) is 0 Å². The average molecular weight is 445 g/mol. The van der Waals surface area contributed by atoms with Crippen LogP contribution >= 0.6 is 11.8 Å². The number of fused-ring (bicyclic) bond motifs is 1. The summed E-state index contributed by atoms with van der Waals surface area (Å²) in [6.45, 7) is 6.79. The number of thioether (sulfide) groups is 1. The smallest absolute Gasteiger partial charge is 0.338 e. The van der Waals surface area contributed by atoms with E-state index in [-0.39, 0.29) is 18.0 Å². The number of nitro groups is 1. The molecular weight excluding hydrogens is 420 g/mol. The number of esters is 1. The van der Waals surface area contributed by atoms with Crippen LogP contribution in [0, 0.1) is 10.1 Å². The molecule has 0 saturated heterocycles. The molecule has 1 aromatic rings. The highest BCUT2D eigenvalue weighted by molar-refractivity contribution is 8.16. The largest absolute Gasteiger partial charge is 0.466 e. The van der Waals surface area contributed by atoms with Gasteiger partial charge in [-0.1, -0.05) is 11.8 Å². The lowest BCUT2D eigenvalue weighted by molar-refractivity contribution is -0.384. The number of amides is 1. The van der Waals surface area contributed by atoms with Crippen LogP contribution < -0.4 is 0 Å². The molecule has 0 N–H and O–H groups in total. The van der Waals surface area contributed by atoms with E-state index in [0.717, 1.165) is 5.70 Å². The zero-order valence-electron chi connectivity index (χ0n) is 17.8. The van der Waals surface area contributed by atoms with Crippen molar-refractivity contribution >= 4 is 34.5 Å². The third-order valence-electron chi connectivity index (χ3n) is 5.27. The number of allylic oxidation sites excluding steroid dienone is 1. The van der Waals surface area contributed by atoms with Gasteiger partial charge in [0.2, 0.25) is 5.91 Å². The van der Waals surface area contributed by atoms with Crippen molar-refractivity contribution < 1.29 is 19.2 Å². The molecule has 2 aliphatic rings. The van der Waals surface area contributed by atoms with Gasteiger partial charge in [0.1, 0.15) is 0 Å². The maximum absolute atomic E-state index is 12.8. The molecule has 2 aliphatic heterocycles. The Balaban J connectivity index is 2.04. The van der Waals surface area contributed by atoms with Crippen molar-refractivity contribution in [2.45, 2.75) is 33.2 Å². The van der Waals surface area contributed by atoms with E-state index in [9.17, 15) is 19.7 Å². The number of nitrogens with zero attached hydrogens (tertiary/aromatic N) is 4. The number of carbonyl (C=O) groups is 2. The predicted molar refractivity (Wildman–Crippen MR) is 118 cm³/mol. The summed E-state index contributed by atoms with van der Waals surface area (Å²) in [5.41, 5.74) is 2.19. The quantitative estimate of drug-likeness (QED) is 0.359. The minimum Gasteiger partial charge on any atom is -0.466 e. The molecule has 0 radical (unpaired) electrons. The Hall–Kier alpha value is -3.14. The van der Waals surface area contributed by atoms with E-state index in [2.05, 4.69) is 4.99 Å². The fraction of sp³-hybridized carbons (Fsp3) is 0.381. The van der Waals surface area contributed by atoms with Crippen LogP contribution in [-0.4, -0.2) is 52.0 Å². The number of ether oxygens (including phenoxy) is 1. The normalized spacial score (nSPS) is 17.7. The molecule has 1 amide bonds. The zero-order chi connectivity index (χ0) is 22.7. The maximum Gasteiger partial charge on any atom is 0.338 e. The highest BCUT2D eigenvalue weighted by Gasteiger charge is 2.41. The van der Waals surface area contributed by atoms with E-state index in [4.69, 9.17) is 4.74 Å². The Morgan fingerprint density at radius 2 is 1.90 bits per heavy atom. The highest BCUT2D eigenvalue weighted by atomic mass is 32.2. The standard InChI is InChI=1S/C21H24N4O5S/c1-5-23(6-2)17(26)11-16-12-31-21-22-13(3)18(20(27)30-4)19(24(16)21)14-7-9-15(10-8-14)25(28)29/h7-10,12,19H,5-6,11H2,1-4H3. The van der Waals surface area contributed by atoms with Crippen molar-refractivity contribution in [3.63, 3.8) is 0 Å². The zero-order valence-corrected chi connectivity index (χ0v) is 18.6. The summed E-state index contributed by atoms with van der Waals surface area (Å²) in [4.78, 5) is 44.2. The molecular formula is C21H24N4O5S. The summed E-state index contributed by atoms with van der Waals surface area (Å²) >= 11 is 1.38.